The molecule has 0 bridgehead atoms. The summed E-state index contributed by atoms with van der Waals surface area (Å²) in [6.45, 7) is 0.551. The van der Waals surface area contributed by atoms with E-state index in [1.54, 1.807) is 0 Å². The molecule has 0 aliphatic heterocycles. The third-order valence-corrected chi connectivity index (χ3v) is 5.02. The minimum absolute atomic E-state index is 0.255. The molecule has 0 spiro atoms. The zero-order chi connectivity index (χ0) is 15.5. The van der Waals surface area contributed by atoms with Gasteiger partial charge in [-0.1, -0.05) is 28.8 Å². The minimum Gasteiger partial charge on any atom is -0.352 e. The van der Waals surface area contributed by atoms with Crippen LogP contribution < -0.4 is 5.32 Å². The van der Waals surface area contributed by atoms with Crippen LogP contribution >= 0.6 is 15.9 Å². The van der Waals surface area contributed by atoms with Crippen molar-refractivity contribution in [2.45, 2.75) is 36.7 Å². The summed E-state index contributed by atoms with van der Waals surface area (Å²) in [5, 5.41) is 2.81. The summed E-state index contributed by atoms with van der Waals surface area (Å²) in [7, 11) is 0. The fourth-order valence-corrected chi connectivity index (χ4v) is 3.30. The van der Waals surface area contributed by atoms with Crippen molar-refractivity contribution in [2.75, 3.05) is 6.54 Å². The lowest BCUT2D eigenvalue weighted by molar-refractivity contribution is -0.137. The maximum absolute atomic E-state index is 12.4. The molecular formula is C15H17BrF3NO. The molecule has 0 radical (unpaired) electrons. The van der Waals surface area contributed by atoms with Crippen LogP contribution in [0.15, 0.2) is 24.3 Å². The highest BCUT2D eigenvalue weighted by molar-refractivity contribution is 9.09. The van der Waals surface area contributed by atoms with Crippen molar-refractivity contribution in [3.8, 4) is 0 Å². The van der Waals surface area contributed by atoms with Crippen molar-refractivity contribution in [3.63, 3.8) is 0 Å². The Morgan fingerprint density at radius 3 is 2.38 bits per heavy atom. The van der Waals surface area contributed by atoms with Crippen LogP contribution in [0.1, 0.15) is 41.6 Å². The predicted molar refractivity (Wildman–Crippen MR) is 78.5 cm³/mol. The Balaban J connectivity index is 1.91. The van der Waals surface area contributed by atoms with E-state index in [4.69, 9.17) is 0 Å². The van der Waals surface area contributed by atoms with Crippen LogP contribution in [-0.4, -0.2) is 17.3 Å². The largest absolute Gasteiger partial charge is 0.416 e. The molecule has 1 N–H and O–H groups in total. The van der Waals surface area contributed by atoms with E-state index in [1.165, 1.54) is 18.6 Å². The Morgan fingerprint density at radius 2 is 1.81 bits per heavy atom. The summed E-state index contributed by atoms with van der Waals surface area (Å²) in [5.74, 6) is 0.0612. The molecule has 6 heteroatoms. The zero-order valence-corrected chi connectivity index (χ0v) is 13.0. The van der Waals surface area contributed by atoms with E-state index >= 15 is 0 Å². The molecule has 0 heterocycles. The van der Waals surface area contributed by atoms with Gasteiger partial charge >= 0.3 is 6.18 Å². The average Bonchev–Trinajstić information content (AvgIpc) is 2.45. The van der Waals surface area contributed by atoms with Crippen LogP contribution in [-0.2, 0) is 6.18 Å². The normalized spacial score (nSPS) is 22.9. The topological polar surface area (TPSA) is 29.1 Å². The van der Waals surface area contributed by atoms with Gasteiger partial charge in [0.15, 0.2) is 0 Å². The highest BCUT2D eigenvalue weighted by Crippen LogP contribution is 2.30. The number of rotatable bonds is 3. The number of carbonyl (C=O) groups excluding carboxylic acids is 1. The number of carbonyl (C=O) groups is 1. The number of halogens is 4. The molecular weight excluding hydrogens is 347 g/mol. The lowest BCUT2D eigenvalue weighted by Gasteiger charge is -2.27. The van der Waals surface area contributed by atoms with Gasteiger partial charge in [-0.3, -0.25) is 4.79 Å². The summed E-state index contributed by atoms with van der Waals surface area (Å²) in [4.78, 5) is 12.3. The Labute approximate surface area is 130 Å². The molecule has 1 fully saturated rings. The number of nitrogens with one attached hydrogen (secondary N) is 1. The van der Waals surface area contributed by atoms with Crippen molar-refractivity contribution < 1.29 is 18.0 Å². The predicted octanol–water partition coefficient (Wildman–Crippen LogP) is 4.39. The second-order valence-electron chi connectivity index (χ2n) is 5.35. The number of alkyl halides is 4. The van der Waals surface area contributed by atoms with Gasteiger partial charge in [0.2, 0.25) is 0 Å². The minimum atomic E-state index is -4.37. The molecule has 1 amide bonds. The van der Waals surface area contributed by atoms with E-state index in [2.05, 4.69) is 21.2 Å². The van der Waals surface area contributed by atoms with Gasteiger partial charge in [-0.25, -0.2) is 0 Å². The summed E-state index contributed by atoms with van der Waals surface area (Å²) in [5.41, 5.74) is -0.489. The van der Waals surface area contributed by atoms with Crippen molar-refractivity contribution in [1.29, 1.82) is 0 Å². The standard InChI is InChI=1S/C15H17BrF3NO/c16-13-4-2-1-3-11(13)9-20-14(21)10-5-7-12(8-6-10)15(17,18)19/h5-8,11,13H,1-4,9H2,(H,20,21). The van der Waals surface area contributed by atoms with Gasteiger partial charge in [0, 0.05) is 16.9 Å². The number of benzene rings is 1. The molecule has 116 valence electrons. The van der Waals surface area contributed by atoms with Crippen LogP contribution in [0, 0.1) is 5.92 Å². The fraction of sp³-hybridized carbons (Fsp3) is 0.533. The first-order valence-corrected chi connectivity index (χ1v) is 7.89. The Hall–Kier alpha value is -1.04. The molecule has 2 rings (SSSR count). The smallest absolute Gasteiger partial charge is 0.352 e. The lowest BCUT2D eigenvalue weighted by atomic mass is 9.89. The summed E-state index contributed by atoms with van der Waals surface area (Å²) >= 11 is 3.62. The van der Waals surface area contributed by atoms with Crippen molar-refractivity contribution in [2.24, 2.45) is 5.92 Å². The first-order valence-electron chi connectivity index (χ1n) is 6.97. The van der Waals surface area contributed by atoms with Crippen molar-refractivity contribution >= 4 is 21.8 Å². The lowest BCUT2D eigenvalue weighted by Crippen LogP contribution is -2.34. The number of hydrogen-bond acceptors (Lipinski definition) is 1. The first-order chi connectivity index (χ1) is 9.88. The zero-order valence-electron chi connectivity index (χ0n) is 11.4. The van der Waals surface area contributed by atoms with E-state index < -0.39 is 11.7 Å². The quantitative estimate of drug-likeness (QED) is 0.792. The first kappa shape index (κ1) is 16.3. The highest BCUT2D eigenvalue weighted by atomic mass is 79.9. The molecule has 21 heavy (non-hydrogen) atoms. The maximum Gasteiger partial charge on any atom is 0.416 e. The SMILES string of the molecule is O=C(NCC1CCCCC1Br)c1ccc(C(F)(F)F)cc1. The van der Waals surface area contributed by atoms with Gasteiger partial charge in [-0.2, -0.15) is 13.2 Å². The van der Waals surface area contributed by atoms with E-state index in [0.717, 1.165) is 31.4 Å². The second kappa shape index (κ2) is 6.81. The molecule has 1 saturated carbocycles. The van der Waals surface area contributed by atoms with Gasteiger partial charge in [0.1, 0.15) is 0 Å². The molecule has 2 nitrogen and oxygen atoms in total. The van der Waals surface area contributed by atoms with Gasteiger partial charge in [0.25, 0.3) is 5.91 Å². The van der Waals surface area contributed by atoms with Crippen LogP contribution in [0.2, 0.25) is 0 Å². The fourth-order valence-electron chi connectivity index (χ4n) is 2.53. The third-order valence-electron chi connectivity index (χ3n) is 3.82. The molecule has 2 unspecified atom stereocenters. The number of hydrogen-bond donors (Lipinski definition) is 1. The van der Waals surface area contributed by atoms with E-state index in [0.29, 0.717) is 17.3 Å². The molecule has 2 atom stereocenters. The van der Waals surface area contributed by atoms with E-state index in [-0.39, 0.29) is 11.5 Å². The second-order valence-corrected chi connectivity index (χ2v) is 6.52. The molecule has 0 aromatic heterocycles. The van der Waals surface area contributed by atoms with Gasteiger partial charge < -0.3 is 5.32 Å². The van der Waals surface area contributed by atoms with Crippen LogP contribution in [0.5, 0.6) is 0 Å². The molecule has 1 aromatic carbocycles. The summed E-state index contributed by atoms with van der Waals surface area (Å²) in [6, 6.07) is 4.29. The average molecular weight is 364 g/mol. The van der Waals surface area contributed by atoms with Crippen molar-refractivity contribution in [1.82, 2.24) is 5.32 Å². The Kier molecular flexibility index (Phi) is 5.30. The summed E-state index contributed by atoms with van der Waals surface area (Å²) < 4.78 is 37.3. The third kappa shape index (κ3) is 4.46. The van der Waals surface area contributed by atoms with E-state index in [9.17, 15) is 18.0 Å². The monoisotopic (exact) mass is 363 g/mol. The number of amides is 1. The van der Waals surface area contributed by atoms with E-state index in [1.807, 2.05) is 0 Å². The highest BCUT2D eigenvalue weighted by Gasteiger charge is 2.30. The van der Waals surface area contributed by atoms with Crippen molar-refractivity contribution in [3.05, 3.63) is 35.4 Å². The van der Waals surface area contributed by atoms with Crippen LogP contribution in [0.25, 0.3) is 0 Å². The van der Waals surface area contributed by atoms with Crippen LogP contribution in [0.3, 0.4) is 0 Å². The van der Waals surface area contributed by atoms with Gasteiger partial charge in [-0.15, -0.1) is 0 Å². The molecule has 1 aromatic rings. The van der Waals surface area contributed by atoms with Gasteiger partial charge in [0.05, 0.1) is 5.56 Å². The summed E-state index contributed by atoms with van der Waals surface area (Å²) in [6.07, 6.45) is 0.131. The Bertz CT molecular complexity index is 487. The molecule has 0 saturated heterocycles. The molecule has 1 aliphatic carbocycles. The Morgan fingerprint density at radius 1 is 1.19 bits per heavy atom. The maximum atomic E-state index is 12.4. The van der Waals surface area contributed by atoms with Crippen LogP contribution in [0.4, 0.5) is 13.2 Å². The molecule has 1 aliphatic rings. The van der Waals surface area contributed by atoms with Gasteiger partial charge in [-0.05, 0) is 43.0 Å².